The average molecular weight is 399 g/mol. The zero-order valence-corrected chi connectivity index (χ0v) is 15.2. The summed E-state index contributed by atoms with van der Waals surface area (Å²) in [6, 6.07) is 8.37. The van der Waals surface area contributed by atoms with Gasteiger partial charge in [0, 0.05) is 21.5 Å². The highest BCUT2D eigenvalue weighted by molar-refractivity contribution is 7.12. The van der Waals surface area contributed by atoms with Crippen molar-refractivity contribution in [3.05, 3.63) is 52.2 Å². The predicted molar refractivity (Wildman–Crippen MR) is 95.4 cm³/mol. The molecule has 0 spiro atoms. The molecular formula is C18H16F3NO4S. The summed E-state index contributed by atoms with van der Waals surface area (Å²) in [7, 11) is 0. The van der Waals surface area contributed by atoms with Crippen molar-refractivity contribution < 1.29 is 32.2 Å². The van der Waals surface area contributed by atoms with Gasteiger partial charge in [-0.1, -0.05) is 0 Å². The monoisotopic (exact) mass is 399 g/mol. The molecule has 144 valence electrons. The Bertz CT molecular complexity index is 828. The molecule has 1 heterocycles. The lowest BCUT2D eigenvalue weighted by Crippen LogP contribution is -2.29. The van der Waals surface area contributed by atoms with Gasteiger partial charge in [0.2, 0.25) is 0 Å². The third kappa shape index (κ3) is 7.14. The van der Waals surface area contributed by atoms with E-state index in [0.717, 1.165) is 21.9 Å². The summed E-state index contributed by atoms with van der Waals surface area (Å²) in [5.41, 5.74) is 0.238. The second-order valence-corrected chi connectivity index (χ2v) is 6.74. The standard InChI is InChI=1S/C18H16F3NO4S/c1-11-3-8-15(27-11)9-10-16(23)25-12(2)17(24)22-13-4-6-14(7-5-13)26-18(19,20)21/h3-10,12H,1-2H3,(H,22,24)/b10-9+. The van der Waals surface area contributed by atoms with Crippen LogP contribution in [0.25, 0.3) is 6.08 Å². The molecule has 0 saturated heterocycles. The van der Waals surface area contributed by atoms with E-state index in [1.807, 2.05) is 19.1 Å². The Hall–Kier alpha value is -2.81. The highest BCUT2D eigenvalue weighted by atomic mass is 32.1. The van der Waals surface area contributed by atoms with Crippen LogP contribution < -0.4 is 10.1 Å². The van der Waals surface area contributed by atoms with Gasteiger partial charge in [-0.3, -0.25) is 4.79 Å². The van der Waals surface area contributed by atoms with Crippen molar-refractivity contribution in [2.45, 2.75) is 26.3 Å². The van der Waals surface area contributed by atoms with Crippen molar-refractivity contribution in [2.75, 3.05) is 5.32 Å². The Kier molecular flexibility index (Phi) is 6.62. The fraction of sp³-hybridized carbons (Fsp3) is 0.222. The number of esters is 1. The summed E-state index contributed by atoms with van der Waals surface area (Å²) >= 11 is 1.51. The van der Waals surface area contributed by atoms with Gasteiger partial charge < -0.3 is 14.8 Å². The predicted octanol–water partition coefficient (Wildman–Crippen LogP) is 4.54. The minimum absolute atomic E-state index is 0.238. The van der Waals surface area contributed by atoms with E-state index >= 15 is 0 Å². The van der Waals surface area contributed by atoms with Crippen LogP contribution in [-0.2, 0) is 14.3 Å². The first-order valence-corrected chi connectivity index (χ1v) is 8.56. The molecule has 5 nitrogen and oxygen atoms in total. The number of alkyl halides is 3. The van der Waals surface area contributed by atoms with Crippen LogP contribution in [0.1, 0.15) is 16.7 Å². The van der Waals surface area contributed by atoms with E-state index < -0.39 is 30.1 Å². The van der Waals surface area contributed by atoms with Gasteiger partial charge in [-0.25, -0.2) is 4.79 Å². The number of hydrogen-bond acceptors (Lipinski definition) is 5. The minimum atomic E-state index is -4.79. The minimum Gasteiger partial charge on any atom is -0.449 e. The van der Waals surface area contributed by atoms with Gasteiger partial charge in [0.15, 0.2) is 6.10 Å². The molecule has 1 aromatic carbocycles. The van der Waals surface area contributed by atoms with Gasteiger partial charge in [-0.05, 0) is 56.3 Å². The molecule has 0 bridgehead atoms. The van der Waals surface area contributed by atoms with Crippen LogP contribution in [0.4, 0.5) is 18.9 Å². The Morgan fingerprint density at radius 1 is 1.15 bits per heavy atom. The Balaban J connectivity index is 1.85. The van der Waals surface area contributed by atoms with Crippen LogP contribution in [0.15, 0.2) is 42.5 Å². The highest BCUT2D eigenvalue weighted by Crippen LogP contribution is 2.24. The van der Waals surface area contributed by atoms with Crippen LogP contribution >= 0.6 is 11.3 Å². The van der Waals surface area contributed by atoms with Crippen LogP contribution in [0.3, 0.4) is 0 Å². The summed E-state index contributed by atoms with van der Waals surface area (Å²) in [4.78, 5) is 25.8. The summed E-state index contributed by atoms with van der Waals surface area (Å²) in [6.07, 6.45) is -3.07. The summed E-state index contributed by atoms with van der Waals surface area (Å²) < 4.78 is 45.1. The van der Waals surface area contributed by atoms with Crippen molar-refractivity contribution >= 4 is 35.0 Å². The van der Waals surface area contributed by atoms with Crippen molar-refractivity contribution in [2.24, 2.45) is 0 Å². The Morgan fingerprint density at radius 2 is 1.81 bits per heavy atom. The molecule has 0 fully saturated rings. The normalized spacial score (nSPS) is 12.6. The molecule has 1 amide bonds. The first-order valence-electron chi connectivity index (χ1n) is 7.74. The van der Waals surface area contributed by atoms with Gasteiger partial charge in [-0.2, -0.15) is 0 Å². The molecule has 1 atom stereocenters. The molecule has 0 aliphatic rings. The maximum atomic E-state index is 12.1. The van der Waals surface area contributed by atoms with Gasteiger partial charge in [0.25, 0.3) is 5.91 Å². The SMILES string of the molecule is Cc1ccc(/C=C/C(=O)OC(C)C(=O)Nc2ccc(OC(F)(F)F)cc2)s1. The van der Waals surface area contributed by atoms with E-state index in [-0.39, 0.29) is 5.69 Å². The molecule has 0 radical (unpaired) electrons. The third-order valence-corrected chi connectivity index (χ3v) is 4.13. The van der Waals surface area contributed by atoms with Gasteiger partial charge >= 0.3 is 12.3 Å². The molecule has 2 rings (SSSR count). The number of halogens is 3. The van der Waals surface area contributed by atoms with E-state index in [2.05, 4.69) is 10.1 Å². The molecule has 0 saturated carbocycles. The van der Waals surface area contributed by atoms with Crippen LogP contribution in [0.2, 0.25) is 0 Å². The topological polar surface area (TPSA) is 64.6 Å². The van der Waals surface area contributed by atoms with Gasteiger partial charge in [0.1, 0.15) is 5.75 Å². The number of amides is 1. The molecule has 1 aromatic heterocycles. The van der Waals surface area contributed by atoms with E-state index in [1.54, 1.807) is 6.08 Å². The summed E-state index contributed by atoms with van der Waals surface area (Å²) in [6.45, 7) is 3.33. The van der Waals surface area contributed by atoms with Gasteiger partial charge in [-0.15, -0.1) is 24.5 Å². The van der Waals surface area contributed by atoms with Crippen molar-refractivity contribution in [3.8, 4) is 5.75 Å². The molecule has 2 aromatic rings. The summed E-state index contributed by atoms with van der Waals surface area (Å²) in [5, 5.41) is 2.44. The van der Waals surface area contributed by atoms with Crippen molar-refractivity contribution in [1.29, 1.82) is 0 Å². The second-order valence-electron chi connectivity index (χ2n) is 5.42. The molecule has 1 N–H and O–H groups in total. The van der Waals surface area contributed by atoms with Crippen molar-refractivity contribution in [3.63, 3.8) is 0 Å². The smallest absolute Gasteiger partial charge is 0.449 e. The number of nitrogens with one attached hydrogen (secondary N) is 1. The summed E-state index contributed by atoms with van der Waals surface area (Å²) in [5.74, 6) is -1.71. The zero-order chi connectivity index (χ0) is 20.0. The zero-order valence-electron chi connectivity index (χ0n) is 14.4. The number of carbonyl (C=O) groups excluding carboxylic acids is 2. The number of thiophene rings is 1. The Labute approximate surface area is 157 Å². The maximum Gasteiger partial charge on any atom is 0.573 e. The van der Waals surface area contributed by atoms with Crippen molar-refractivity contribution in [1.82, 2.24) is 0 Å². The fourth-order valence-electron chi connectivity index (χ4n) is 1.94. The second kappa shape index (κ2) is 8.72. The van der Waals surface area contributed by atoms with Crippen LogP contribution in [-0.4, -0.2) is 24.3 Å². The maximum absolute atomic E-state index is 12.1. The van der Waals surface area contributed by atoms with E-state index in [0.29, 0.717) is 0 Å². The average Bonchev–Trinajstić information content (AvgIpc) is 2.99. The van der Waals surface area contributed by atoms with Crippen LogP contribution in [0.5, 0.6) is 5.75 Å². The van der Waals surface area contributed by atoms with Gasteiger partial charge in [0.05, 0.1) is 0 Å². The largest absolute Gasteiger partial charge is 0.573 e. The molecule has 0 aliphatic heterocycles. The van der Waals surface area contributed by atoms with E-state index in [1.165, 1.54) is 36.5 Å². The number of carbonyl (C=O) groups is 2. The number of ether oxygens (including phenoxy) is 2. The molecule has 9 heteroatoms. The van der Waals surface area contributed by atoms with Crippen LogP contribution in [0, 0.1) is 6.92 Å². The number of rotatable bonds is 6. The molecule has 27 heavy (non-hydrogen) atoms. The molecular weight excluding hydrogens is 383 g/mol. The number of aryl methyl sites for hydroxylation is 1. The lowest BCUT2D eigenvalue weighted by Gasteiger charge is -2.13. The van der Waals surface area contributed by atoms with E-state index in [9.17, 15) is 22.8 Å². The number of anilines is 1. The van der Waals surface area contributed by atoms with E-state index in [4.69, 9.17) is 4.74 Å². The fourth-order valence-corrected chi connectivity index (χ4v) is 2.72. The lowest BCUT2D eigenvalue weighted by atomic mass is 10.3. The Morgan fingerprint density at radius 3 is 2.37 bits per heavy atom. The first kappa shape index (κ1) is 20.5. The third-order valence-electron chi connectivity index (χ3n) is 3.16. The number of hydrogen-bond donors (Lipinski definition) is 1. The molecule has 0 aliphatic carbocycles. The molecule has 1 unspecified atom stereocenters. The highest BCUT2D eigenvalue weighted by Gasteiger charge is 2.31. The lowest BCUT2D eigenvalue weighted by molar-refractivity contribution is -0.274. The first-order chi connectivity index (χ1) is 12.6. The number of benzene rings is 1. The quantitative estimate of drug-likeness (QED) is 0.572.